The molecule has 122 valence electrons. The van der Waals surface area contributed by atoms with Gasteiger partial charge in [-0.25, -0.2) is 14.8 Å². The molecule has 1 atom stereocenters. The van der Waals surface area contributed by atoms with Crippen LogP contribution in [0.15, 0.2) is 12.4 Å². The minimum Gasteiger partial charge on any atom is -0.444 e. The highest BCUT2D eigenvalue weighted by Crippen LogP contribution is 2.21. The summed E-state index contributed by atoms with van der Waals surface area (Å²) in [5.74, 6) is 0.662. The SMILES string of the molecule is CC(C)(C)OC(=O)N1CCCC[C@H]1CNc1cc(Cl)ncn1. The van der Waals surface area contributed by atoms with Crippen LogP contribution >= 0.6 is 11.6 Å². The summed E-state index contributed by atoms with van der Waals surface area (Å²) in [7, 11) is 0. The number of ether oxygens (including phenoxy) is 1. The molecule has 1 aliphatic heterocycles. The van der Waals surface area contributed by atoms with Gasteiger partial charge in [0, 0.05) is 19.2 Å². The topological polar surface area (TPSA) is 67.3 Å². The van der Waals surface area contributed by atoms with E-state index in [1.54, 1.807) is 6.07 Å². The summed E-state index contributed by atoms with van der Waals surface area (Å²) in [6.45, 7) is 6.99. The van der Waals surface area contributed by atoms with E-state index in [4.69, 9.17) is 16.3 Å². The number of nitrogens with one attached hydrogen (secondary N) is 1. The van der Waals surface area contributed by atoms with Gasteiger partial charge in [-0.3, -0.25) is 0 Å². The van der Waals surface area contributed by atoms with E-state index in [1.807, 2.05) is 25.7 Å². The Morgan fingerprint density at radius 1 is 1.45 bits per heavy atom. The van der Waals surface area contributed by atoms with Gasteiger partial charge in [-0.1, -0.05) is 11.6 Å². The number of aromatic nitrogens is 2. The van der Waals surface area contributed by atoms with Crippen LogP contribution < -0.4 is 5.32 Å². The second-order valence-electron chi connectivity index (χ2n) is 6.43. The van der Waals surface area contributed by atoms with Gasteiger partial charge in [0.15, 0.2) is 0 Å². The maximum Gasteiger partial charge on any atom is 0.410 e. The van der Waals surface area contributed by atoms with Gasteiger partial charge in [0.25, 0.3) is 0 Å². The molecule has 1 N–H and O–H groups in total. The van der Waals surface area contributed by atoms with E-state index >= 15 is 0 Å². The van der Waals surface area contributed by atoms with Crippen molar-refractivity contribution in [3.63, 3.8) is 0 Å². The molecule has 0 unspecified atom stereocenters. The lowest BCUT2D eigenvalue weighted by molar-refractivity contribution is 0.0114. The van der Waals surface area contributed by atoms with Gasteiger partial charge in [0.2, 0.25) is 0 Å². The zero-order valence-electron chi connectivity index (χ0n) is 13.3. The number of carbonyl (C=O) groups excluding carboxylic acids is 1. The lowest BCUT2D eigenvalue weighted by Crippen LogP contribution is -2.48. The third-order valence-electron chi connectivity index (χ3n) is 3.41. The van der Waals surface area contributed by atoms with Crippen molar-refractivity contribution in [1.29, 1.82) is 0 Å². The number of rotatable bonds is 3. The minimum absolute atomic E-state index is 0.0948. The summed E-state index contributed by atoms with van der Waals surface area (Å²) in [4.78, 5) is 22.1. The Kier molecular flexibility index (Phi) is 5.45. The second-order valence-corrected chi connectivity index (χ2v) is 6.82. The number of carbonyl (C=O) groups is 1. The third-order valence-corrected chi connectivity index (χ3v) is 3.61. The molecule has 2 rings (SSSR count). The van der Waals surface area contributed by atoms with Gasteiger partial charge in [-0.05, 0) is 40.0 Å². The molecule has 1 aliphatic rings. The van der Waals surface area contributed by atoms with Crippen LogP contribution in [0, 0.1) is 0 Å². The molecule has 2 heterocycles. The molecular formula is C15H23ClN4O2. The lowest BCUT2D eigenvalue weighted by atomic mass is 10.0. The van der Waals surface area contributed by atoms with Crippen LogP contribution in [0.1, 0.15) is 40.0 Å². The Morgan fingerprint density at radius 2 is 2.23 bits per heavy atom. The first-order chi connectivity index (χ1) is 10.3. The standard InChI is InChI=1S/C15H23ClN4O2/c1-15(2,3)22-14(21)20-7-5-4-6-11(20)9-17-13-8-12(16)18-10-19-13/h8,10-11H,4-7,9H2,1-3H3,(H,17,18,19)/t11-/m0/s1. The number of nitrogens with zero attached hydrogens (tertiary/aromatic N) is 3. The fourth-order valence-electron chi connectivity index (χ4n) is 2.43. The number of anilines is 1. The van der Waals surface area contributed by atoms with Gasteiger partial charge in [-0.2, -0.15) is 0 Å². The predicted octanol–water partition coefficient (Wildman–Crippen LogP) is 3.33. The van der Waals surface area contributed by atoms with E-state index in [-0.39, 0.29) is 12.1 Å². The van der Waals surface area contributed by atoms with Crippen molar-refractivity contribution < 1.29 is 9.53 Å². The van der Waals surface area contributed by atoms with Crippen LogP contribution in [0.3, 0.4) is 0 Å². The zero-order chi connectivity index (χ0) is 16.2. The quantitative estimate of drug-likeness (QED) is 0.863. The number of halogens is 1. The van der Waals surface area contributed by atoms with Crippen molar-refractivity contribution in [3.8, 4) is 0 Å². The number of amides is 1. The molecule has 0 bridgehead atoms. The molecule has 1 aromatic rings. The van der Waals surface area contributed by atoms with Crippen LogP contribution in [0.5, 0.6) is 0 Å². The highest BCUT2D eigenvalue weighted by atomic mass is 35.5. The van der Waals surface area contributed by atoms with Crippen molar-refractivity contribution in [2.24, 2.45) is 0 Å². The Balaban J connectivity index is 1.96. The highest BCUT2D eigenvalue weighted by molar-refractivity contribution is 6.29. The first-order valence-electron chi connectivity index (χ1n) is 7.56. The molecule has 7 heteroatoms. The fraction of sp³-hybridized carbons (Fsp3) is 0.667. The minimum atomic E-state index is -0.479. The molecule has 1 amide bonds. The lowest BCUT2D eigenvalue weighted by Gasteiger charge is -2.36. The van der Waals surface area contributed by atoms with Gasteiger partial charge < -0.3 is 15.0 Å². The van der Waals surface area contributed by atoms with Crippen molar-refractivity contribution in [3.05, 3.63) is 17.5 Å². The molecule has 0 saturated carbocycles. The Hall–Kier alpha value is -1.56. The van der Waals surface area contributed by atoms with Crippen molar-refractivity contribution in [2.45, 2.75) is 51.7 Å². The first-order valence-corrected chi connectivity index (χ1v) is 7.94. The van der Waals surface area contributed by atoms with Crippen LogP contribution in [-0.4, -0.2) is 45.7 Å². The second kappa shape index (κ2) is 7.13. The van der Waals surface area contributed by atoms with E-state index in [0.29, 0.717) is 17.5 Å². The summed E-state index contributed by atoms with van der Waals surface area (Å²) in [6.07, 6.45) is 4.23. The molecule has 0 radical (unpaired) electrons. The molecule has 1 fully saturated rings. The normalized spacial score (nSPS) is 18.9. The summed E-state index contributed by atoms with van der Waals surface area (Å²) in [5, 5.41) is 3.61. The average molecular weight is 327 g/mol. The Morgan fingerprint density at radius 3 is 2.91 bits per heavy atom. The number of piperidine rings is 1. The Bertz CT molecular complexity index is 519. The van der Waals surface area contributed by atoms with Gasteiger partial charge in [-0.15, -0.1) is 0 Å². The van der Waals surface area contributed by atoms with Crippen LogP contribution in [0.4, 0.5) is 10.6 Å². The first kappa shape index (κ1) is 16.8. The smallest absolute Gasteiger partial charge is 0.410 e. The van der Waals surface area contributed by atoms with Gasteiger partial charge >= 0.3 is 6.09 Å². The van der Waals surface area contributed by atoms with Gasteiger partial charge in [0.1, 0.15) is 22.9 Å². The summed E-state index contributed by atoms with van der Waals surface area (Å²) < 4.78 is 5.49. The number of likely N-dealkylation sites (tertiary alicyclic amines) is 1. The number of hydrogen-bond acceptors (Lipinski definition) is 5. The summed E-state index contributed by atoms with van der Waals surface area (Å²) >= 11 is 5.84. The maximum atomic E-state index is 12.3. The van der Waals surface area contributed by atoms with Crippen LogP contribution in [0.25, 0.3) is 0 Å². The molecule has 22 heavy (non-hydrogen) atoms. The molecule has 0 aromatic carbocycles. The maximum absolute atomic E-state index is 12.3. The fourth-order valence-corrected chi connectivity index (χ4v) is 2.57. The highest BCUT2D eigenvalue weighted by Gasteiger charge is 2.30. The zero-order valence-corrected chi connectivity index (χ0v) is 14.1. The van der Waals surface area contributed by atoms with E-state index in [9.17, 15) is 4.79 Å². The average Bonchev–Trinajstić information content (AvgIpc) is 2.44. The van der Waals surface area contributed by atoms with Crippen molar-refractivity contribution in [2.75, 3.05) is 18.4 Å². The molecular weight excluding hydrogens is 304 g/mol. The largest absolute Gasteiger partial charge is 0.444 e. The van der Waals surface area contributed by atoms with E-state index in [0.717, 1.165) is 25.8 Å². The van der Waals surface area contributed by atoms with Crippen LogP contribution in [0.2, 0.25) is 5.15 Å². The molecule has 1 saturated heterocycles. The number of hydrogen-bond donors (Lipinski definition) is 1. The van der Waals surface area contributed by atoms with E-state index in [2.05, 4.69) is 15.3 Å². The monoisotopic (exact) mass is 326 g/mol. The third kappa shape index (κ3) is 5.02. The predicted molar refractivity (Wildman–Crippen MR) is 86.1 cm³/mol. The molecule has 6 nitrogen and oxygen atoms in total. The molecule has 0 spiro atoms. The van der Waals surface area contributed by atoms with Crippen molar-refractivity contribution >= 4 is 23.5 Å². The van der Waals surface area contributed by atoms with Crippen LogP contribution in [-0.2, 0) is 4.74 Å². The van der Waals surface area contributed by atoms with Gasteiger partial charge in [0.05, 0.1) is 6.04 Å². The Labute approximate surface area is 136 Å². The van der Waals surface area contributed by atoms with E-state index in [1.165, 1.54) is 6.33 Å². The summed E-state index contributed by atoms with van der Waals surface area (Å²) in [5.41, 5.74) is -0.479. The summed E-state index contributed by atoms with van der Waals surface area (Å²) in [6, 6.07) is 1.76. The van der Waals surface area contributed by atoms with Crippen molar-refractivity contribution in [1.82, 2.24) is 14.9 Å². The molecule has 1 aromatic heterocycles. The van der Waals surface area contributed by atoms with E-state index < -0.39 is 5.60 Å². The molecule has 0 aliphatic carbocycles.